The molecule has 0 aliphatic carbocycles. The van der Waals surface area contributed by atoms with Crippen LogP contribution in [-0.2, 0) is 101 Å². The first-order valence-corrected chi connectivity index (χ1v) is 30.0. The number of benzene rings is 12. The van der Waals surface area contributed by atoms with Crippen LogP contribution in [0.5, 0.6) is 0 Å². The average Bonchev–Trinajstić information content (AvgIpc) is 0.842. The number of rotatable bonds is 5. The zero-order valence-electron chi connectivity index (χ0n) is 51.4. The number of aryl methyl sites for hydroxylation is 2. The molecule has 0 saturated carbocycles. The van der Waals surface area contributed by atoms with E-state index in [4.69, 9.17) is 15.0 Å². The molecule has 0 bridgehead atoms. The molecular weight excluding hydrogens is 2050 g/mol. The van der Waals surface area contributed by atoms with Gasteiger partial charge in [0.1, 0.15) is 0 Å². The maximum atomic E-state index is 4.76. The van der Waals surface area contributed by atoms with Crippen molar-refractivity contribution in [3.05, 3.63) is 357 Å². The van der Waals surface area contributed by atoms with Gasteiger partial charge >= 0.3 is 0 Å². The summed E-state index contributed by atoms with van der Waals surface area (Å²) in [4.78, 5) is 23.5. The number of nitrogens with zero attached hydrogens (tertiary/aromatic N) is 5. The molecule has 10 heteroatoms. The van der Waals surface area contributed by atoms with Gasteiger partial charge in [0.2, 0.25) is 0 Å². The van der Waals surface area contributed by atoms with Crippen molar-refractivity contribution >= 4 is 76.1 Å². The number of aromatic nitrogens is 5. The fourth-order valence-corrected chi connectivity index (χ4v) is 10.9. The van der Waals surface area contributed by atoms with Crippen LogP contribution in [0, 0.1) is 44.2 Å². The molecule has 5 heterocycles. The first kappa shape index (κ1) is 72.3. The summed E-state index contributed by atoms with van der Waals surface area (Å²) in [5, 5.41) is 10.7. The van der Waals surface area contributed by atoms with Gasteiger partial charge in [-0.1, -0.05) is 204 Å². The summed E-state index contributed by atoms with van der Waals surface area (Å²) in [5.41, 5.74) is 17.7. The molecule has 0 aliphatic heterocycles. The van der Waals surface area contributed by atoms with Gasteiger partial charge in [-0.3, -0.25) is 24.9 Å². The van der Waals surface area contributed by atoms with E-state index < -0.39 is 0 Å². The molecule has 0 aliphatic rings. The van der Waals surface area contributed by atoms with Gasteiger partial charge in [-0.05, 0) is 99.8 Å². The summed E-state index contributed by atoms with van der Waals surface area (Å²) < 4.78 is 0. The van der Waals surface area contributed by atoms with Crippen LogP contribution >= 0.6 is 0 Å². The van der Waals surface area contributed by atoms with Crippen LogP contribution in [0.2, 0.25) is 0 Å². The number of fused-ring (bicyclic) bond motifs is 7. The Morgan fingerprint density at radius 1 is 0.232 bits per heavy atom. The Morgan fingerprint density at radius 2 is 0.642 bits per heavy atom. The van der Waals surface area contributed by atoms with E-state index in [0.29, 0.717) is 0 Å². The van der Waals surface area contributed by atoms with Crippen molar-refractivity contribution in [2.45, 2.75) is 13.8 Å². The smallest absolute Gasteiger partial charge is 0.0597 e. The monoisotopic (exact) mass is 2110 g/mol. The molecule has 95 heavy (non-hydrogen) atoms. The molecule has 17 aromatic rings. The molecule has 0 atom stereocenters. The normalized spacial score (nSPS) is 10.2. The molecule has 17 rings (SSSR count). The van der Waals surface area contributed by atoms with Crippen LogP contribution in [0.4, 0.5) is 0 Å². The van der Waals surface area contributed by atoms with Crippen molar-refractivity contribution in [2.75, 3.05) is 0 Å². The SMILES string of the molecule is Cc1cc(-c2[c-]cccc2)nc2ccccc12.Cc1cc2ccccc2nc1-c1[c-]cccc1.[Ir].[Ir].[Ir].[Ir].[Ir].[c-]1cc2ccccc2cc1-c1ccc2ccccc2n1.[c-]1ccc2ccccc2c1-c1ccc2ccccc2n1.[c-]1ccccc1-c1ccc2ccccc2n1. The largest absolute Gasteiger partial charge is 0.296 e. The molecule has 0 unspecified atom stereocenters. The third-order valence-electron chi connectivity index (χ3n) is 15.5. The predicted octanol–water partition coefficient (Wildman–Crippen LogP) is 21.4. The second kappa shape index (κ2) is 35.3. The topological polar surface area (TPSA) is 64.5 Å². The fourth-order valence-electron chi connectivity index (χ4n) is 10.9. The molecule has 12 aromatic carbocycles. The van der Waals surface area contributed by atoms with Gasteiger partial charge in [0, 0.05) is 106 Å². The molecular formula is C85H58Ir5N5-5. The molecule has 473 valence electrons. The van der Waals surface area contributed by atoms with Crippen molar-refractivity contribution in [3.8, 4) is 56.3 Å². The second-order valence-corrected chi connectivity index (χ2v) is 21.6. The van der Waals surface area contributed by atoms with E-state index in [2.05, 4.69) is 188 Å². The minimum absolute atomic E-state index is 0. The average molecular weight is 2110 g/mol. The van der Waals surface area contributed by atoms with Gasteiger partial charge in [-0.25, -0.2) is 0 Å². The van der Waals surface area contributed by atoms with Gasteiger partial charge in [-0.2, -0.15) is 0 Å². The zero-order valence-corrected chi connectivity index (χ0v) is 63.4. The van der Waals surface area contributed by atoms with Crippen molar-refractivity contribution in [1.82, 2.24) is 24.9 Å². The van der Waals surface area contributed by atoms with E-state index >= 15 is 0 Å². The Kier molecular flexibility index (Phi) is 26.8. The number of para-hydroxylation sites is 5. The van der Waals surface area contributed by atoms with Gasteiger partial charge in [-0.15, -0.1) is 166 Å². The molecule has 0 saturated heterocycles. The van der Waals surface area contributed by atoms with Crippen LogP contribution in [0.3, 0.4) is 0 Å². The van der Waals surface area contributed by atoms with E-state index in [-0.39, 0.29) is 101 Å². The van der Waals surface area contributed by atoms with Crippen LogP contribution in [0.25, 0.3) is 132 Å². The van der Waals surface area contributed by atoms with Crippen LogP contribution in [0.15, 0.2) is 315 Å². The summed E-state index contributed by atoms with van der Waals surface area (Å²) in [5.74, 6) is 0. The number of hydrogen-bond donors (Lipinski definition) is 0. The Bertz CT molecular complexity index is 5220. The summed E-state index contributed by atoms with van der Waals surface area (Å²) in [6.45, 7) is 4.21. The third-order valence-corrected chi connectivity index (χ3v) is 15.5. The second-order valence-electron chi connectivity index (χ2n) is 21.6. The Morgan fingerprint density at radius 3 is 1.20 bits per heavy atom. The molecule has 0 spiro atoms. The van der Waals surface area contributed by atoms with Crippen molar-refractivity contribution < 1.29 is 101 Å². The quantitative estimate of drug-likeness (QED) is 0.161. The zero-order chi connectivity index (χ0) is 60.9. The van der Waals surface area contributed by atoms with Crippen molar-refractivity contribution in [1.29, 1.82) is 0 Å². The standard InChI is InChI=1S/2C19H12N.2C16H12N.C15H10N.5Ir/c1-3-9-16-14(6-1)8-5-10-17(16)19-13-12-15-7-2-4-11-18(15)20-19;1-2-7-16-13-17(10-9-14(16)5-1)19-12-11-15-6-3-4-8-18(15)20-19;1-12-11-16(13-7-3-2-4-8-13)17-15-10-6-5-9-14(12)15;1-12-11-14-9-5-6-10-15(14)17-16(12)13-7-3-2-4-8-13;1-2-6-12(7-3-1)15-11-10-13-8-4-5-9-14(13)16-15;;;;;/h2*1-9,11-13H;2*2-7,9-11H,1H3;1-6,8-11H;;;;;/q5*-1;;;;;. The summed E-state index contributed by atoms with van der Waals surface area (Å²) in [7, 11) is 0. The Balaban J connectivity index is 0.000000151. The van der Waals surface area contributed by atoms with Gasteiger partial charge < -0.3 is 0 Å². The fraction of sp³-hybridized carbons (Fsp3) is 0.0235. The molecule has 5 radical (unpaired) electrons. The van der Waals surface area contributed by atoms with Gasteiger partial charge in [0.25, 0.3) is 0 Å². The first-order chi connectivity index (χ1) is 44.4. The molecule has 5 nitrogen and oxygen atoms in total. The van der Waals surface area contributed by atoms with Gasteiger partial charge in [0.15, 0.2) is 0 Å². The minimum Gasteiger partial charge on any atom is -0.296 e. The summed E-state index contributed by atoms with van der Waals surface area (Å²) in [6.07, 6.45) is 0. The van der Waals surface area contributed by atoms with Crippen molar-refractivity contribution in [3.63, 3.8) is 0 Å². The minimum atomic E-state index is 0. The molecule has 0 fully saturated rings. The predicted molar refractivity (Wildman–Crippen MR) is 375 cm³/mol. The molecule has 0 amide bonds. The van der Waals surface area contributed by atoms with Crippen LogP contribution in [-0.4, -0.2) is 24.9 Å². The Labute approximate surface area is 622 Å². The van der Waals surface area contributed by atoms with Crippen LogP contribution < -0.4 is 0 Å². The maximum Gasteiger partial charge on any atom is 0.0597 e. The maximum absolute atomic E-state index is 4.76. The van der Waals surface area contributed by atoms with E-state index in [1.54, 1.807) is 0 Å². The number of hydrogen-bond acceptors (Lipinski definition) is 5. The summed E-state index contributed by atoms with van der Waals surface area (Å²) in [6, 6.07) is 123. The first-order valence-electron chi connectivity index (χ1n) is 30.0. The van der Waals surface area contributed by atoms with E-state index in [1.165, 1.54) is 48.8 Å². The Hall–Kier alpha value is -8.54. The molecule has 0 N–H and O–H groups in total. The van der Waals surface area contributed by atoms with Crippen molar-refractivity contribution in [2.24, 2.45) is 0 Å². The number of pyridine rings is 5. The summed E-state index contributed by atoms with van der Waals surface area (Å²) >= 11 is 0. The van der Waals surface area contributed by atoms with Crippen LogP contribution in [0.1, 0.15) is 11.1 Å². The van der Waals surface area contributed by atoms with E-state index in [1.807, 2.05) is 182 Å². The van der Waals surface area contributed by atoms with E-state index in [9.17, 15) is 0 Å². The van der Waals surface area contributed by atoms with Gasteiger partial charge in [0.05, 0.1) is 27.6 Å². The van der Waals surface area contributed by atoms with E-state index in [0.717, 1.165) is 94.6 Å². The molecule has 5 aromatic heterocycles. The third kappa shape index (κ3) is 17.9.